The fourth-order valence-corrected chi connectivity index (χ4v) is 3.16. The van der Waals surface area contributed by atoms with Gasteiger partial charge in [0, 0.05) is 12.1 Å². The molecule has 1 amide bonds. The summed E-state index contributed by atoms with van der Waals surface area (Å²) in [6.45, 7) is 8.01. The minimum atomic E-state index is 0.0558. The lowest BCUT2D eigenvalue weighted by molar-refractivity contribution is -0.131. The molecular formula is C15H21N5O2S. The maximum atomic E-state index is 12.4. The van der Waals surface area contributed by atoms with E-state index in [2.05, 4.69) is 15.5 Å². The van der Waals surface area contributed by atoms with Crippen LogP contribution in [0.4, 0.5) is 0 Å². The monoisotopic (exact) mass is 335 g/mol. The summed E-state index contributed by atoms with van der Waals surface area (Å²) in [6.07, 6.45) is 0. The summed E-state index contributed by atoms with van der Waals surface area (Å²) in [5.41, 5.74) is 0.729. The highest BCUT2D eigenvalue weighted by Gasteiger charge is 2.21. The highest BCUT2D eigenvalue weighted by molar-refractivity contribution is 7.99. The van der Waals surface area contributed by atoms with Crippen LogP contribution in [0, 0.1) is 0 Å². The number of rotatable bonds is 6. The molecular weight excluding hydrogens is 314 g/mol. The number of aromatic hydroxyl groups is 1. The molecule has 0 unspecified atom stereocenters. The Morgan fingerprint density at radius 3 is 2.39 bits per heavy atom. The number of benzene rings is 1. The van der Waals surface area contributed by atoms with Crippen molar-refractivity contribution in [3.05, 3.63) is 24.3 Å². The molecule has 1 N–H and O–H groups in total. The van der Waals surface area contributed by atoms with Crippen molar-refractivity contribution in [2.75, 3.05) is 5.75 Å². The topological polar surface area (TPSA) is 84.1 Å². The minimum absolute atomic E-state index is 0.0558. The number of carbonyl (C=O) groups is 1. The lowest BCUT2D eigenvalue weighted by Gasteiger charge is -2.30. The third-order valence-corrected chi connectivity index (χ3v) is 4.16. The first kappa shape index (κ1) is 17.3. The molecule has 7 nitrogen and oxygen atoms in total. The Hall–Kier alpha value is -2.09. The molecule has 0 aliphatic heterocycles. The SMILES string of the molecule is CC(C)N(C(=O)CSc1nnnn1-c1ccc(O)cc1)C(C)C. The summed E-state index contributed by atoms with van der Waals surface area (Å²) < 4.78 is 1.55. The molecule has 1 aromatic carbocycles. The largest absolute Gasteiger partial charge is 0.508 e. The van der Waals surface area contributed by atoms with Gasteiger partial charge in [-0.2, -0.15) is 4.68 Å². The zero-order chi connectivity index (χ0) is 17.0. The summed E-state index contributed by atoms with van der Waals surface area (Å²) in [4.78, 5) is 14.3. The van der Waals surface area contributed by atoms with Crippen molar-refractivity contribution < 1.29 is 9.90 Å². The van der Waals surface area contributed by atoms with Crippen LogP contribution >= 0.6 is 11.8 Å². The summed E-state index contributed by atoms with van der Waals surface area (Å²) in [6, 6.07) is 6.86. The van der Waals surface area contributed by atoms with Gasteiger partial charge in [0.25, 0.3) is 0 Å². The maximum Gasteiger partial charge on any atom is 0.233 e. The van der Waals surface area contributed by atoms with Gasteiger partial charge in [0.1, 0.15) is 5.75 Å². The van der Waals surface area contributed by atoms with Gasteiger partial charge in [-0.25, -0.2) is 0 Å². The fraction of sp³-hybridized carbons (Fsp3) is 0.467. The predicted molar refractivity (Wildman–Crippen MR) is 88.7 cm³/mol. The van der Waals surface area contributed by atoms with Gasteiger partial charge in [-0.3, -0.25) is 4.79 Å². The van der Waals surface area contributed by atoms with Crippen molar-refractivity contribution in [3.8, 4) is 11.4 Å². The van der Waals surface area contributed by atoms with E-state index in [9.17, 15) is 9.90 Å². The molecule has 0 saturated heterocycles. The fourth-order valence-electron chi connectivity index (χ4n) is 2.40. The summed E-state index contributed by atoms with van der Waals surface area (Å²) in [7, 11) is 0. The quantitative estimate of drug-likeness (QED) is 0.814. The second-order valence-corrected chi connectivity index (χ2v) is 6.61. The van der Waals surface area contributed by atoms with Crippen LogP contribution < -0.4 is 0 Å². The molecule has 0 bridgehead atoms. The first-order valence-corrected chi connectivity index (χ1v) is 8.40. The minimum Gasteiger partial charge on any atom is -0.508 e. The normalized spacial score (nSPS) is 11.2. The Balaban J connectivity index is 2.09. The van der Waals surface area contributed by atoms with Gasteiger partial charge in [-0.1, -0.05) is 11.8 Å². The number of carbonyl (C=O) groups excluding carboxylic acids is 1. The molecule has 1 aromatic heterocycles. The maximum absolute atomic E-state index is 12.4. The molecule has 2 aromatic rings. The zero-order valence-corrected chi connectivity index (χ0v) is 14.5. The number of aromatic nitrogens is 4. The highest BCUT2D eigenvalue weighted by Crippen LogP contribution is 2.21. The molecule has 0 aliphatic carbocycles. The van der Waals surface area contributed by atoms with E-state index in [1.165, 1.54) is 11.8 Å². The Morgan fingerprint density at radius 2 is 1.83 bits per heavy atom. The van der Waals surface area contributed by atoms with Crippen LogP contribution in [-0.4, -0.2) is 54.0 Å². The van der Waals surface area contributed by atoms with E-state index < -0.39 is 0 Å². The first-order valence-electron chi connectivity index (χ1n) is 7.42. The molecule has 8 heteroatoms. The number of phenolic OH excluding ortho intramolecular Hbond substituents is 1. The number of nitrogens with zero attached hydrogens (tertiary/aromatic N) is 5. The van der Waals surface area contributed by atoms with Crippen LogP contribution in [0.15, 0.2) is 29.4 Å². The second kappa shape index (κ2) is 7.45. The number of hydrogen-bond donors (Lipinski definition) is 1. The Kier molecular flexibility index (Phi) is 5.59. The summed E-state index contributed by atoms with van der Waals surface area (Å²) in [5, 5.41) is 21.5. The van der Waals surface area contributed by atoms with E-state index in [1.54, 1.807) is 28.9 Å². The predicted octanol–water partition coefficient (Wildman–Crippen LogP) is 2.11. The summed E-state index contributed by atoms with van der Waals surface area (Å²) >= 11 is 1.30. The van der Waals surface area contributed by atoms with Crippen molar-refractivity contribution >= 4 is 17.7 Å². The van der Waals surface area contributed by atoms with E-state index in [1.807, 2.05) is 32.6 Å². The molecule has 0 saturated carbocycles. The lowest BCUT2D eigenvalue weighted by atomic mass is 10.2. The smallest absolute Gasteiger partial charge is 0.233 e. The average molecular weight is 335 g/mol. The second-order valence-electron chi connectivity index (χ2n) is 5.67. The van der Waals surface area contributed by atoms with E-state index in [4.69, 9.17) is 0 Å². The molecule has 2 rings (SSSR count). The van der Waals surface area contributed by atoms with E-state index in [0.717, 1.165) is 5.69 Å². The molecule has 124 valence electrons. The molecule has 1 heterocycles. The zero-order valence-electron chi connectivity index (χ0n) is 13.7. The van der Waals surface area contributed by atoms with E-state index in [0.29, 0.717) is 5.16 Å². The molecule has 0 aliphatic rings. The molecule has 0 spiro atoms. The van der Waals surface area contributed by atoms with Crippen molar-refractivity contribution in [1.29, 1.82) is 0 Å². The van der Waals surface area contributed by atoms with Crippen LogP contribution in [0.1, 0.15) is 27.7 Å². The third kappa shape index (κ3) is 4.22. The van der Waals surface area contributed by atoms with Gasteiger partial charge in [-0.05, 0) is 62.4 Å². The van der Waals surface area contributed by atoms with Crippen molar-refractivity contribution in [3.63, 3.8) is 0 Å². The number of hydrogen-bond acceptors (Lipinski definition) is 6. The van der Waals surface area contributed by atoms with Crippen LogP contribution in [0.5, 0.6) is 5.75 Å². The van der Waals surface area contributed by atoms with Crippen molar-refractivity contribution in [2.45, 2.75) is 44.9 Å². The van der Waals surface area contributed by atoms with Crippen LogP contribution in [0.3, 0.4) is 0 Å². The summed E-state index contributed by atoms with van der Waals surface area (Å²) in [5.74, 6) is 0.505. The molecule has 0 atom stereocenters. The lowest BCUT2D eigenvalue weighted by Crippen LogP contribution is -2.43. The molecule has 23 heavy (non-hydrogen) atoms. The van der Waals surface area contributed by atoms with E-state index in [-0.39, 0.29) is 29.5 Å². The Bertz CT molecular complexity index is 646. The van der Waals surface area contributed by atoms with Crippen molar-refractivity contribution in [1.82, 2.24) is 25.1 Å². The van der Waals surface area contributed by atoms with Crippen molar-refractivity contribution in [2.24, 2.45) is 0 Å². The Labute approximate surface area is 139 Å². The van der Waals surface area contributed by atoms with Crippen LogP contribution in [0.25, 0.3) is 5.69 Å². The van der Waals surface area contributed by atoms with Gasteiger partial charge in [0.2, 0.25) is 11.1 Å². The van der Waals surface area contributed by atoms with Gasteiger partial charge in [0.15, 0.2) is 0 Å². The Morgan fingerprint density at radius 1 is 1.22 bits per heavy atom. The van der Waals surface area contributed by atoms with Gasteiger partial charge in [-0.15, -0.1) is 5.10 Å². The molecule has 0 fully saturated rings. The number of tetrazole rings is 1. The number of amides is 1. The van der Waals surface area contributed by atoms with Gasteiger partial charge < -0.3 is 10.0 Å². The molecule has 0 radical (unpaired) electrons. The van der Waals surface area contributed by atoms with Gasteiger partial charge in [0.05, 0.1) is 11.4 Å². The first-order chi connectivity index (χ1) is 10.9. The number of thioether (sulfide) groups is 1. The third-order valence-electron chi connectivity index (χ3n) is 3.26. The van der Waals surface area contributed by atoms with Gasteiger partial charge >= 0.3 is 0 Å². The standard InChI is InChI=1S/C15H21N5O2S/c1-10(2)19(11(3)4)14(22)9-23-15-16-17-18-20(15)12-5-7-13(21)8-6-12/h5-8,10-11,21H,9H2,1-4H3. The highest BCUT2D eigenvalue weighted by atomic mass is 32.2. The average Bonchev–Trinajstić information content (AvgIpc) is 2.93. The number of phenols is 1. The van der Waals surface area contributed by atoms with Crippen LogP contribution in [-0.2, 0) is 4.79 Å². The van der Waals surface area contributed by atoms with E-state index >= 15 is 0 Å². The van der Waals surface area contributed by atoms with Crippen LogP contribution in [0.2, 0.25) is 0 Å².